The number of hydrogen-bond acceptors (Lipinski definition) is 4. The lowest BCUT2D eigenvalue weighted by Gasteiger charge is -2.24. The van der Waals surface area contributed by atoms with Gasteiger partial charge in [0, 0.05) is 11.4 Å². The van der Waals surface area contributed by atoms with Crippen LogP contribution in [0.1, 0.15) is 23.1 Å². The summed E-state index contributed by atoms with van der Waals surface area (Å²) in [6, 6.07) is 13.5. The van der Waals surface area contributed by atoms with Gasteiger partial charge >= 0.3 is 5.97 Å². The van der Waals surface area contributed by atoms with Crippen molar-refractivity contribution in [2.75, 3.05) is 19.8 Å². The number of carbonyl (C=O) groups is 2. The summed E-state index contributed by atoms with van der Waals surface area (Å²) >= 11 is 6.00. The number of rotatable bonds is 7. The third-order valence-electron chi connectivity index (χ3n) is 4.69. The van der Waals surface area contributed by atoms with E-state index in [0.717, 1.165) is 16.9 Å². The number of hydrogen-bond donors (Lipinski definition) is 1. The molecule has 0 saturated heterocycles. The van der Waals surface area contributed by atoms with E-state index in [4.69, 9.17) is 21.1 Å². The van der Waals surface area contributed by atoms with E-state index in [2.05, 4.69) is 5.32 Å². The molecule has 1 N–H and O–H groups in total. The number of benzene rings is 2. The lowest BCUT2D eigenvalue weighted by Crippen LogP contribution is -2.33. The Balaban J connectivity index is 1.34. The fourth-order valence-electron chi connectivity index (χ4n) is 3.08. The molecule has 148 valence electrons. The smallest absolute Gasteiger partial charge is 0.312 e. The first-order valence-electron chi connectivity index (χ1n) is 9.41. The van der Waals surface area contributed by atoms with Gasteiger partial charge in [-0.05, 0) is 49.1 Å². The number of amides is 1. The maximum absolute atomic E-state index is 12.2. The SMILES string of the molecule is Cc1ccc(CCC(=O)NCCOC(=O)C2COc3ccc(Cl)cc3C2)cc1. The van der Waals surface area contributed by atoms with E-state index in [1.54, 1.807) is 6.07 Å². The molecule has 1 amide bonds. The molecule has 1 heterocycles. The average Bonchev–Trinajstić information content (AvgIpc) is 2.70. The largest absolute Gasteiger partial charge is 0.492 e. The Morgan fingerprint density at radius 1 is 1.21 bits per heavy atom. The Morgan fingerprint density at radius 2 is 2.00 bits per heavy atom. The van der Waals surface area contributed by atoms with Gasteiger partial charge in [0.05, 0.1) is 12.5 Å². The topological polar surface area (TPSA) is 64.6 Å². The molecule has 5 nitrogen and oxygen atoms in total. The van der Waals surface area contributed by atoms with Crippen molar-refractivity contribution in [3.8, 4) is 5.75 Å². The van der Waals surface area contributed by atoms with Gasteiger partial charge in [-0.1, -0.05) is 41.4 Å². The molecule has 0 saturated carbocycles. The number of ether oxygens (including phenoxy) is 2. The molecule has 3 rings (SSSR count). The van der Waals surface area contributed by atoms with Crippen molar-refractivity contribution in [3.05, 3.63) is 64.2 Å². The molecule has 6 heteroatoms. The molecule has 2 aromatic carbocycles. The van der Waals surface area contributed by atoms with E-state index < -0.39 is 0 Å². The molecule has 0 radical (unpaired) electrons. The van der Waals surface area contributed by atoms with Crippen molar-refractivity contribution in [3.63, 3.8) is 0 Å². The van der Waals surface area contributed by atoms with Gasteiger partial charge < -0.3 is 14.8 Å². The van der Waals surface area contributed by atoms with E-state index in [1.807, 2.05) is 43.3 Å². The summed E-state index contributed by atoms with van der Waals surface area (Å²) in [7, 11) is 0. The first-order valence-corrected chi connectivity index (χ1v) is 9.79. The predicted octanol–water partition coefficient (Wildman–Crippen LogP) is 3.49. The number of esters is 1. The van der Waals surface area contributed by atoms with Crippen LogP contribution in [0, 0.1) is 12.8 Å². The molecule has 0 spiro atoms. The molecule has 0 aliphatic carbocycles. The Bertz CT molecular complexity index is 835. The van der Waals surface area contributed by atoms with Crippen LogP contribution in [0.25, 0.3) is 0 Å². The van der Waals surface area contributed by atoms with Gasteiger partial charge in [0.1, 0.15) is 19.0 Å². The van der Waals surface area contributed by atoms with Crippen LogP contribution in [-0.4, -0.2) is 31.6 Å². The van der Waals surface area contributed by atoms with Gasteiger partial charge in [0.25, 0.3) is 0 Å². The van der Waals surface area contributed by atoms with E-state index in [9.17, 15) is 9.59 Å². The summed E-state index contributed by atoms with van der Waals surface area (Å²) in [6.07, 6.45) is 1.63. The highest BCUT2D eigenvalue weighted by atomic mass is 35.5. The zero-order chi connectivity index (χ0) is 19.9. The van der Waals surface area contributed by atoms with Crippen molar-refractivity contribution >= 4 is 23.5 Å². The standard InChI is InChI=1S/C22H24ClNO4/c1-15-2-4-16(5-3-15)6-9-21(25)24-10-11-27-22(26)18-12-17-13-19(23)7-8-20(17)28-14-18/h2-5,7-8,13,18H,6,9-12,14H2,1H3,(H,24,25). The van der Waals surface area contributed by atoms with Crippen molar-refractivity contribution in [1.29, 1.82) is 0 Å². The zero-order valence-electron chi connectivity index (χ0n) is 15.9. The molecule has 1 aliphatic rings. The maximum Gasteiger partial charge on any atom is 0.312 e. The minimum absolute atomic E-state index is 0.0545. The van der Waals surface area contributed by atoms with Crippen molar-refractivity contribution < 1.29 is 19.1 Å². The third kappa shape index (κ3) is 5.73. The number of halogens is 1. The van der Waals surface area contributed by atoms with Crippen molar-refractivity contribution in [2.24, 2.45) is 5.92 Å². The second kappa shape index (κ2) is 9.60. The molecule has 0 bridgehead atoms. The van der Waals surface area contributed by atoms with Crippen LogP contribution in [-0.2, 0) is 27.2 Å². The lowest BCUT2D eigenvalue weighted by atomic mass is 9.97. The highest BCUT2D eigenvalue weighted by Crippen LogP contribution is 2.30. The second-order valence-corrected chi connectivity index (χ2v) is 7.40. The van der Waals surface area contributed by atoms with Gasteiger partial charge in [-0.15, -0.1) is 0 Å². The summed E-state index contributed by atoms with van der Waals surface area (Å²) in [5.74, 6) is 0.0261. The average molecular weight is 402 g/mol. The Kier molecular flexibility index (Phi) is 6.93. The van der Waals surface area contributed by atoms with Crippen LogP contribution < -0.4 is 10.1 Å². The maximum atomic E-state index is 12.2. The highest BCUT2D eigenvalue weighted by Gasteiger charge is 2.27. The summed E-state index contributed by atoms with van der Waals surface area (Å²) in [6.45, 7) is 2.77. The first-order chi connectivity index (χ1) is 13.5. The Hall–Kier alpha value is -2.53. The summed E-state index contributed by atoms with van der Waals surface area (Å²) in [4.78, 5) is 24.1. The van der Waals surface area contributed by atoms with E-state index >= 15 is 0 Å². The molecule has 1 unspecified atom stereocenters. The molecular weight excluding hydrogens is 378 g/mol. The van der Waals surface area contributed by atoms with E-state index in [0.29, 0.717) is 30.8 Å². The minimum atomic E-state index is -0.358. The zero-order valence-corrected chi connectivity index (χ0v) is 16.6. The third-order valence-corrected chi connectivity index (χ3v) is 4.93. The van der Waals surface area contributed by atoms with Crippen LogP contribution in [0.4, 0.5) is 0 Å². The number of fused-ring (bicyclic) bond motifs is 1. The van der Waals surface area contributed by atoms with Gasteiger partial charge in [-0.2, -0.15) is 0 Å². The summed E-state index contributed by atoms with van der Waals surface area (Å²) in [5.41, 5.74) is 3.24. The van der Waals surface area contributed by atoms with Gasteiger partial charge in [0.15, 0.2) is 0 Å². The van der Waals surface area contributed by atoms with Crippen LogP contribution in [0.15, 0.2) is 42.5 Å². The van der Waals surface area contributed by atoms with Crippen LogP contribution >= 0.6 is 11.6 Å². The van der Waals surface area contributed by atoms with Gasteiger partial charge in [-0.25, -0.2) is 0 Å². The summed E-state index contributed by atoms with van der Waals surface area (Å²) < 4.78 is 10.9. The highest BCUT2D eigenvalue weighted by molar-refractivity contribution is 6.30. The number of nitrogens with one attached hydrogen (secondary N) is 1. The normalized spacial score (nSPS) is 15.3. The van der Waals surface area contributed by atoms with Crippen LogP contribution in [0.2, 0.25) is 5.02 Å². The fourth-order valence-corrected chi connectivity index (χ4v) is 3.27. The second-order valence-electron chi connectivity index (χ2n) is 6.97. The van der Waals surface area contributed by atoms with Gasteiger partial charge in [0.2, 0.25) is 5.91 Å². The first kappa shape index (κ1) is 20.2. The van der Waals surface area contributed by atoms with Crippen LogP contribution in [0.3, 0.4) is 0 Å². The lowest BCUT2D eigenvalue weighted by molar-refractivity contribution is -0.150. The monoisotopic (exact) mass is 401 g/mol. The predicted molar refractivity (Wildman–Crippen MR) is 108 cm³/mol. The molecule has 1 aliphatic heterocycles. The molecule has 0 fully saturated rings. The molecule has 1 atom stereocenters. The van der Waals surface area contributed by atoms with Gasteiger partial charge in [-0.3, -0.25) is 9.59 Å². The Labute approximate surface area is 170 Å². The molecular formula is C22H24ClNO4. The number of carbonyl (C=O) groups excluding carboxylic acids is 2. The van der Waals surface area contributed by atoms with Crippen molar-refractivity contribution in [1.82, 2.24) is 5.32 Å². The van der Waals surface area contributed by atoms with Crippen molar-refractivity contribution in [2.45, 2.75) is 26.2 Å². The number of aryl methyl sites for hydroxylation is 2. The van der Waals surface area contributed by atoms with Crippen LogP contribution in [0.5, 0.6) is 5.75 Å². The fraction of sp³-hybridized carbons (Fsp3) is 0.364. The Morgan fingerprint density at radius 3 is 2.79 bits per heavy atom. The van der Waals surface area contributed by atoms with E-state index in [1.165, 1.54) is 5.56 Å². The molecule has 2 aromatic rings. The molecule has 0 aromatic heterocycles. The van der Waals surface area contributed by atoms with E-state index in [-0.39, 0.29) is 31.0 Å². The minimum Gasteiger partial charge on any atom is -0.492 e. The quantitative estimate of drug-likeness (QED) is 0.569. The summed E-state index contributed by atoms with van der Waals surface area (Å²) in [5, 5.41) is 3.40. The molecule has 28 heavy (non-hydrogen) atoms.